The molecule has 0 aromatic heterocycles. The van der Waals surface area contributed by atoms with Crippen LogP contribution in [0.4, 0.5) is 5.69 Å². The molecule has 0 aliphatic heterocycles. The molecule has 0 atom stereocenters. The van der Waals surface area contributed by atoms with E-state index in [2.05, 4.69) is 5.32 Å². The average molecular weight is 291 g/mol. The zero-order chi connectivity index (χ0) is 15.5. The zero-order valence-corrected chi connectivity index (χ0v) is 12.2. The molecule has 1 amide bonds. The van der Waals surface area contributed by atoms with Gasteiger partial charge in [-0.15, -0.1) is 0 Å². The van der Waals surface area contributed by atoms with Gasteiger partial charge in [0, 0.05) is 24.6 Å². The van der Waals surface area contributed by atoms with Crippen molar-refractivity contribution in [1.82, 2.24) is 5.32 Å². The number of benzene rings is 1. The highest BCUT2D eigenvalue weighted by molar-refractivity contribution is 5.77. The number of amides is 1. The molecule has 3 N–H and O–H groups in total. The number of rotatable bonds is 6. The lowest BCUT2D eigenvalue weighted by molar-refractivity contribution is -0.385. The highest BCUT2D eigenvalue weighted by Gasteiger charge is 2.37. The first-order valence-corrected chi connectivity index (χ1v) is 7.17. The summed E-state index contributed by atoms with van der Waals surface area (Å²) in [5.41, 5.74) is 7.17. The predicted molar refractivity (Wildman–Crippen MR) is 79.6 cm³/mol. The molecular weight excluding hydrogens is 270 g/mol. The van der Waals surface area contributed by atoms with E-state index in [9.17, 15) is 14.9 Å². The molecule has 0 unspecified atom stereocenters. The van der Waals surface area contributed by atoms with Gasteiger partial charge in [-0.2, -0.15) is 0 Å². The van der Waals surface area contributed by atoms with Crippen molar-refractivity contribution >= 4 is 11.6 Å². The number of carbonyl (C=O) groups excluding carboxylic acids is 1. The van der Waals surface area contributed by atoms with E-state index in [0.717, 1.165) is 24.8 Å². The highest BCUT2D eigenvalue weighted by atomic mass is 16.6. The molecule has 114 valence electrons. The first kappa shape index (κ1) is 15.4. The summed E-state index contributed by atoms with van der Waals surface area (Å²) in [6, 6.07) is 4.91. The summed E-state index contributed by atoms with van der Waals surface area (Å²) in [7, 11) is 0. The van der Waals surface area contributed by atoms with Crippen LogP contribution >= 0.6 is 0 Å². The minimum Gasteiger partial charge on any atom is -0.352 e. The summed E-state index contributed by atoms with van der Waals surface area (Å²) in [6.45, 7) is 2.55. The Balaban J connectivity index is 1.95. The first-order valence-electron chi connectivity index (χ1n) is 7.17. The molecule has 6 nitrogen and oxygen atoms in total. The largest absolute Gasteiger partial charge is 0.352 e. The van der Waals surface area contributed by atoms with Gasteiger partial charge < -0.3 is 11.1 Å². The van der Waals surface area contributed by atoms with Crippen LogP contribution in [0.25, 0.3) is 0 Å². The Labute approximate surface area is 123 Å². The molecule has 21 heavy (non-hydrogen) atoms. The van der Waals surface area contributed by atoms with Crippen molar-refractivity contribution < 1.29 is 9.72 Å². The number of nitro benzene ring substituents is 1. The van der Waals surface area contributed by atoms with E-state index < -0.39 is 4.92 Å². The fraction of sp³-hybridized carbons (Fsp3) is 0.533. The van der Waals surface area contributed by atoms with Crippen molar-refractivity contribution in [3.63, 3.8) is 0 Å². The second-order valence-corrected chi connectivity index (χ2v) is 5.83. The van der Waals surface area contributed by atoms with E-state index in [1.165, 1.54) is 6.07 Å². The van der Waals surface area contributed by atoms with Crippen molar-refractivity contribution in [2.75, 3.05) is 6.54 Å². The second-order valence-electron chi connectivity index (χ2n) is 5.83. The first-order chi connectivity index (χ1) is 9.97. The zero-order valence-electron chi connectivity index (χ0n) is 12.2. The van der Waals surface area contributed by atoms with Crippen molar-refractivity contribution in [3.05, 3.63) is 39.4 Å². The van der Waals surface area contributed by atoms with Gasteiger partial charge in [0.1, 0.15) is 0 Å². The third-order valence-corrected chi connectivity index (χ3v) is 4.47. The van der Waals surface area contributed by atoms with Crippen LogP contribution in [0.3, 0.4) is 0 Å². The van der Waals surface area contributed by atoms with Gasteiger partial charge in [0.15, 0.2) is 0 Å². The molecule has 0 radical (unpaired) electrons. The van der Waals surface area contributed by atoms with Crippen molar-refractivity contribution in [2.45, 2.75) is 39.2 Å². The average Bonchev–Trinajstić information content (AvgIpc) is 2.41. The molecule has 0 heterocycles. The molecule has 1 aromatic rings. The van der Waals surface area contributed by atoms with Crippen LogP contribution in [0.15, 0.2) is 18.2 Å². The van der Waals surface area contributed by atoms with Gasteiger partial charge in [-0.05, 0) is 37.3 Å². The Morgan fingerprint density at radius 3 is 2.71 bits per heavy atom. The number of nitrogens with two attached hydrogens (primary N) is 1. The fourth-order valence-corrected chi connectivity index (χ4v) is 2.79. The highest BCUT2D eigenvalue weighted by Crippen LogP contribution is 2.42. The SMILES string of the molecule is Cc1c(CNC(=O)CC2(CN)CCC2)cccc1[N+](=O)[O-]. The van der Waals surface area contributed by atoms with Crippen molar-refractivity contribution in [1.29, 1.82) is 0 Å². The van der Waals surface area contributed by atoms with Gasteiger partial charge in [-0.3, -0.25) is 14.9 Å². The molecule has 2 rings (SSSR count). The van der Waals surface area contributed by atoms with E-state index >= 15 is 0 Å². The Morgan fingerprint density at radius 2 is 2.19 bits per heavy atom. The summed E-state index contributed by atoms with van der Waals surface area (Å²) < 4.78 is 0. The Morgan fingerprint density at radius 1 is 1.48 bits per heavy atom. The van der Waals surface area contributed by atoms with Gasteiger partial charge in [0.05, 0.1) is 4.92 Å². The normalized spacial score (nSPS) is 16.1. The molecule has 0 saturated heterocycles. The van der Waals surface area contributed by atoms with Gasteiger partial charge in [-0.25, -0.2) is 0 Å². The number of nitro groups is 1. The van der Waals surface area contributed by atoms with Crippen LogP contribution in [-0.4, -0.2) is 17.4 Å². The van der Waals surface area contributed by atoms with Crippen molar-refractivity contribution in [2.24, 2.45) is 11.1 Å². The monoisotopic (exact) mass is 291 g/mol. The summed E-state index contributed by atoms with van der Waals surface area (Å²) in [5.74, 6) is -0.0361. The molecule has 1 aliphatic carbocycles. The van der Waals surface area contributed by atoms with E-state index in [-0.39, 0.29) is 17.0 Å². The van der Waals surface area contributed by atoms with E-state index in [0.29, 0.717) is 25.1 Å². The lowest BCUT2D eigenvalue weighted by atomic mass is 9.66. The topological polar surface area (TPSA) is 98.3 Å². The molecule has 1 aliphatic rings. The van der Waals surface area contributed by atoms with Crippen LogP contribution in [-0.2, 0) is 11.3 Å². The van der Waals surface area contributed by atoms with Crippen LogP contribution in [0, 0.1) is 22.5 Å². The third-order valence-electron chi connectivity index (χ3n) is 4.47. The summed E-state index contributed by atoms with van der Waals surface area (Å²) in [4.78, 5) is 22.5. The maximum Gasteiger partial charge on any atom is 0.272 e. The van der Waals surface area contributed by atoms with Crippen molar-refractivity contribution in [3.8, 4) is 0 Å². The molecule has 6 heteroatoms. The molecule has 0 bridgehead atoms. The number of hydrogen-bond donors (Lipinski definition) is 2. The Bertz CT molecular complexity index is 548. The van der Waals surface area contributed by atoms with E-state index in [1.54, 1.807) is 19.1 Å². The molecule has 1 aromatic carbocycles. The fourth-order valence-electron chi connectivity index (χ4n) is 2.79. The standard InChI is InChI=1S/C15H21N3O3/c1-11-12(4-2-5-13(11)18(20)21)9-17-14(19)8-15(10-16)6-3-7-15/h2,4-5H,3,6-10,16H2,1H3,(H,17,19). The Hall–Kier alpha value is -1.95. The van der Waals surface area contributed by atoms with Crippen LogP contribution in [0.2, 0.25) is 0 Å². The molecule has 1 fully saturated rings. The minimum absolute atomic E-state index is 0.0260. The number of nitrogens with one attached hydrogen (secondary N) is 1. The Kier molecular flexibility index (Phi) is 4.57. The maximum absolute atomic E-state index is 12.0. The lowest BCUT2D eigenvalue weighted by Gasteiger charge is -2.40. The van der Waals surface area contributed by atoms with Crippen LogP contribution in [0.1, 0.15) is 36.8 Å². The maximum atomic E-state index is 12.0. The van der Waals surface area contributed by atoms with E-state index in [4.69, 9.17) is 5.73 Å². The number of carbonyl (C=O) groups is 1. The van der Waals surface area contributed by atoms with Crippen LogP contribution in [0.5, 0.6) is 0 Å². The predicted octanol–water partition coefficient (Wildman–Crippen LogP) is 2.04. The summed E-state index contributed by atoms with van der Waals surface area (Å²) in [6.07, 6.45) is 3.59. The van der Waals surface area contributed by atoms with Gasteiger partial charge >= 0.3 is 0 Å². The van der Waals surface area contributed by atoms with Crippen LogP contribution < -0.4 is 11.1 Å². The smallest absolute Gasteiger partial charge is 0.272 e. The second kappa shape index (κ2) is 6.22. The van der Waals surface area contributed by atoms with Gasteiger partial charge in [0.25, 0.3) is 5.69 Å². The van der Waals surface area contributed by atoms with E-state index in [1.807, 2.05) is 0 Å². The molecule has 0 spiro atoms. The van der Waals surface area contributed by atoms with Gasteiger partial charge in [0.2, 0.25) is 5.91 Å². The third kappa shape index (κ3) is 3.39. The minimum atomic E-state index is -0.404. The molecule has 1 saturated carbocycles. The summed E-state index contributed by atoms with van der Waals surface area (Å²) >= 11 is 0. The summed E-state index contributed by atoms with van der Waals surface area (Å²) in [5, 5.41) is 13.7. The molecular formula is C15H21N3O3. The lowest BCUT2D eigenvalue weighted by Crippen LogP contribution is -2.41. The quantitative estimate of drug-likeness (QED) is 0.619. The number of hydrogen-bond acceptors (Lipinski definition) is 4. The number of nitrogens with zero attached hydrogens (tertiary/aromatic N) is 1. The van der Waals surface area contributed by atoms with Gasteiger partial charge in [-0.1, -0.05) is 18.6 Å².